The second-order valence-electron chi connectivity index (χ2n) is 9.71. The number of benzene rings is 3. The molecule has 0 aromatic heterocycles. The van der Waals surface area contributed by atoms with Gasteiger partial charge in [-0.15, -0.1) is 0 Å². The summed E-state index contributed by atoms with van der Waals surface area (Å²) >= 11 is 6.29. The predicted octanol–water partition coefficient (Wildman–Crippen LogP) is 5.03. The second-order valence-corrected chi connectivity index (χ2v) is 12.0. The van der Waals surface area contributed by atoms with Crippen molar-refractivity contribution in [3.8, 4) is 17.2 Å². The molecule has 0 fully saturated rings. The van der Waals surface area contributed by atoms with Gasteiger partial charge in [0.25, 0.3) is 10.0 Å². The summed E-state index contributed by atoms with van der Waals surface area (Å²) in [5.74, 6) is -0.916. The van der Waals surface area contributed by atoms with Gasteiger partial charge in [-0.2, -0.15) is 0 Å². The maximum atomic E-state index is 14.3. The first-order valence-electron chi connectivity index (χ1n) is 13.9. The minimum Gasteiger partial charge on any atom is -0.495 e. The van der Waals surface area contributed by atoms with Crippen molar-refractivity contribution in [2.24, 2.45) is 0 Å². The normalized spacial score (nSPS) is 11.8. The summed E-state index contributed by atoms with van der Waals surface area (Å²) in [6.45, 7) is 3.25. The van der Waals surface area contributed by atoms with E-state index in [9.17, 15) is 22.4 Å². The van der Waals surface area contributed by atoms with Crippen molar-refractivity contribution < 1.29 is 36.6 Å². The number of nitrogens with one attached hydrogen (secondary N) is 1. The number of carbonyl (C=O) groups is 2. The highest BCUT2D eigenvalue weighted by atomic mass is 35.5. The van der Waals surface area contributed by atoms with Gasteiger partial charge in [0.05, 0.1) is 31.9 Å². The molecule has 3 aromatic rings. The smallest absolute Gasteiger partial charge is 0.265 e. The molecular formula is C31H37ClFN3O7S. The number of ether oxygens (including phenoxy) is 3. The third-order valence-electron chi connectivity index (χ3n) is 6.83. The summed E-state index contributed by atoms with van der Waals surface area (Å²) in [6.07, 6.45) is 0.922. The molecule has 0 aliphatic rings. The van der Waals surface area contributed by atoms with E-state index in [-0.39, 0.29) is 46.0 Å². The molecule has 0 heterocycles. The molecule has 10 nitrogen and oxygen atoms in total. The summed E-state index contributed by atoms with van der Waals surface area (Å²) in [5, 5.41) is 3.02. The average molecular weight is 650 g/mol. The topological polar surface area (TPSA) is 114 Å². The molecule has 3 aromatic carbocycles. The molecule has 44 heavy (non-hydrogen) atoms. The third kappa shape index (κ3) is 8.11. The van der Waals surface area contributed by atoms with Crippen LogP contribution in [0.1, 0.15) is 32.3 Å². The van der Waals surface area contributed by atoms with Gasteiger partial charge in [0.15, 0.2) is 11.5 Å². The van der Waals surface area contributed by atoms with Gasteiger partial charge in [-0.1, -0.05) is 37.6 Å². The SMILES string of the molecule is CCCNC(=O)C(CC)N(Cc1ccc(F)cc1)C(=O)CN(c1cc(Cl)ccc1OC)S(=O)(=O)c1ccc(OC)c(OC)c1. The van der Waals surface area contributed by atoms with Crippen molar-refractivity contribution in [1.29, 1.82) is 0 Å². The standard InChI is InChI=1S/C31H37ClFN3O7S/c1-6-16-34-31(38)25(7-2)35(19-21-8-11-23(33)12-9-21)30(37)20-36(26-17-22(32)10-14-27(26)41-3)44(39,40)24-13-15-28(42-4)29(18-24)43-5/h8-15,17-18,25H,6-7,16,19-20H2,1-5H3,(H,34,38). The van der Waals surface area contributed by atoms with Gasteiger partial charge in [0.2, 0.25) is 11.8 Å². The Morgan fingerprint density at radius 2 is 1.55 bits per heavy atom. The van der Waals surface area contributed by atoms with E-state index >= 15 is 0 Å². The number of hydrogen-bond donors (Lipinski definition) is 1. The number of anilines is 1. The molecule has 1 unspecified atom stereocenters. The maximum Gasteiger partial charge on any atom is 0.265 e. The van der Waals surface area contributed by atoms with Crippen molar-refractivity contribution in [2.45, 2.75) is 44.2 Å². The van der Waals surface area contributed by atoms with Crippen molar-refractivity contribution >= 4 is 39.1 Å². The molecule has 0 bridgehead atoms. The highest BCUT2D eigenvalue weighted by molar-refractivity contribution is 7.92. The first-order chi connectivity index (χ1) is 21.0. The fourth-order valence-corrected chi connectivity index (χ4v) is 6.15. The Labute approximate surface area is 262 Å². The van der Waals surface area contributed by atoms with Crippen LogP contribution in [-0.4, -0.2) is 65.6 Å². The number of rotatable bonds is 15. The molecule has 2 amide bonds. The van der Waals surface area contributed by atoms with Gasteiger partial charge in [-0.3, -0.25) is 13.9 Å². The molecule has 13 heteroatoms. The Kier molecular flexibility index (Phi) is 12.2. The van der Waals surface area contributed by atoms with Gasteiger partial charge < -0.3 is 24.4 Å². The first-order valence-corrected chi connectivity index (χ1v) is 15.7. The number of halogens is 2. The summed E-state index contributed by atoms with van der Waals surface area (Å²) in [4.78, 5) is 28.5. The van der Waals surface area contributed by atoms with E-state index in [0.717, 1.165) is 4.31 Å². The van der Waals surface area contributed by atoms with Crippen molar-refractivity contribution in [1.82, 2.24) is 10.2 Å². The Morgan fingerprint density at radius 1 is 0.909 bits per heavy atom. The lowest BCUT2D eigenvalue weighted by molar-refractivity contribution is -0.140. The second kappa shape index (κ2) is 15.6. The summed E-state index contributed by atoms with van der Waals surface area (Å²) in [6, 6.07) is 13.0. The lowest BCUT2D eigenvalue weighted by Gasteiger charge is -2.33. The summed E-state index contributed by atoms with van der Waals surface area (Å²) in [5.41, 5.74) is 0.560. The van der Waals surface area contributed by atoms with Crippen LogP contribution in [0, 0.1) is 5.82 Å². The van der Waals surface area contributed by atoms with Gasteiger partial charge in [0, 0.05) is 24.2 Å². The highest BCUT2D eigenvalue weighted by Gasteiger charge is 2.35. The molecule has 0 saturated carbocycles. The Hall–Kier alpha value is -4.03. The number of sulfonamides is 1. The van der Waals surface area contributed by atoms with Crippen LogP contribution < -0.4 is 23.8 Å². The number of amides is 2. The van der Waals surface area contributed by atoms with E-state index in [1.807, 2.05) is 6.92 Å². The Balaban J connectivity index is 2.16. The van der Waals surface area contributed by atoms with Gasteiger partial charge in [-0.25, -0.2) is 12.8 Å². The zero-order chi connectivity index (χ0) is 32.4. The van der Waals surface area contributed by atoms with E-state index in [4.69, 9.17) is 25.8 Å². The minimum absolute atomic E-state index is 0.00773. The van der Waals surface area contributed by atoms with Gasteiger partial charge in [-0.05, 0) is 60.9 Å². The molecule has 3 rings (SSSR count). The van der Waals surface area contributed by atoms with Crippen molar-refractivity contribution in [3.05, 3.63) is 77.1 Å². The van der Waals surface area contributed by atoms with Crippen LogP contribution in [0.3, 0.4) is 0 Å². The Bertz CT molecular complexity index is 1550. The molecular weight excluding hydrogens is 613 g/mol. The minimum atomic E-state index is -4.47. The number of carbonyl (C=O) groups excluding carboxylic acids is 2. The monoisotopic (exact) mass is 649 g/mol. The van der Waals surface area contributed by atoms with E-state index < -0.39 is 34.3 Å². The molecule has 0 aliphatic heterocycles. The molecule has 1 N–H and O–H groups in total. The maximum absolute atomic E-state index is 14.3. The van der Waals surface area contributed by atoms with E-state index in [2.05, 4.69) is 5.32 Å². The molecule has 0 radical (unpaired) electrons. The molecule has 0 spiro atoms. The summed E-state index contributed by atoms with van der Waals surface area (Å²) in [7, 11) is -0.317. The van der Waals surface area contributed by atoms with Crippen LogP contribution in [0.15, 0.2) is 65.6 Å². The average Bonchev–Trinajstić information content (AvgIpc) is 3.02. The number of methoxy groups -OCH3 is 3. The van der Waals surface area contributed by atoms with Gasteiger partial charge >= 0.3 is 0 Å². The zero-order valence-electron chi connectivity index (χ0n) is 25.3. The van der Waals surface area contributed by atoms with Gasteiger partial charge in [0.1, 0.15) is 24.2 Å². The lowest BCUT2D eigenvalue weighted by Crippen LogP contribution is -2.52. The van der Waals surface area contributed by atoms with Crippen LogP contribution in [0.2, 0.25) is 5.02 Å². The number of hydrogen-bond acceptors (Lipinski definition) is 7. The fraction of sp³-hybridized carbons (Fsp3) is 0.355. The number of nitrogens with zero attached hydrogens (tertiary/aromatic N) is 2. The third-order valence-corrected chi connectivity index (χ3v) is 8.82. The van der Waals surface area contributed by atoms with E-state index in [0.29, 0.717) is 24.3 Å². The largest absolute Gasteiger partial charge is 0.495 e. The lowest BCUT2D eigenvalue weighted by atomic mass is 10.1. The molecule has 0 saturated heterocycles. The van der Waals surface area contributed by atoms with Crippen LogP contribution in [0.25, 0.3) is 0 Å². The van der Waals surface area contributed by atoms with Crippen LogP contribution >= 0.6 is 11.6 Å². The van der Waals surface area contributed by atoms with Crippen molar-refractivity contribution in [3.63, 3.8) is 0 Å². The molecule has 238 valence electrons. The Morgan fingerprint density at radius 3 is 2.14 bits per heavy atom. The predicted molar refractivity (Wildman–Crippen MR) is 166 cm³/mol. The fourth-order valence-electron chi connectivity index (χ4n) is 4.55. The highest BCUT2D eigenvalue weighted by Crippen LogP contribution is 2.37. The zero-order valence-corrected chi connectivity index (χ0v) is 26.9. The first kappa shape index (κ1) is 34.5. The quantitative estimate of drug-likeness (QED) is 0.246. The molecule has 0 aliphatic carbocycles. The van der Waals surface area contributed by atoms with Crippen LogP contribution in [0.5, 0.6) is 17.2 Å². The molecule has 1 atom stereocenters. The summed E-state index contributed by atoms with van der Waals surface area (Å²) < 4.78 is 59.2. The van der Waals surface area contributed by atoms with E-state index in [1.165, 1.54) is 86.9 Å². The van der Waals surface area contributed by atoms with Crippen molar-refractivity contribution in [2.75, 3.05) is 38.7 Å². The van der Waals surface area contributed by atoms with E-state index in [1.54, 1.807) is 6.92 Å². The van der Waals surface area contributed by atoms with Crippen LogP contribution in [-0.2, 0) is 26.2 Å². The van der Waals surface area contributed by atoms with Crippen LogP contribution in [0.4, 0.5) is 10.1 Å².